The van der Waals surface area contributed by atoms with Crippen molar-refractivity contribution < 1.29 is 9.47 Å². The van der Waals surface area contributed by atoms with Crippen LogP contribution < -0.4 is 5.32 Å². The van der Waals surface area contributed by atoms with Gasteiger partial charge in [0.05, 0.1) is 13.2 Å². The summed E-state index contributed by atoms with van der Waals surface area (Å²) in [6, 6.07) is 9.25. The van der Waals surface area contributed by atoms with E-state index in [0.29, 0.717) is 12.0 Å². The number of fused-ring (bicyclic) bond motifs is 1. The maximum atomic E-state index is 5.53. The molecule has 98 valence electrons. The van der Waals surface area contributed by atoms with E-state index in [0.717, 1.165) is 19.6 Å². The Morgan fingerprint density at radius 3 is 2.72 bits per heavy atom. The Balaban J connectivity index is 1.55. The van der Waals surface area contributed by atoms with Crippen molar-refractivity contribution in [3.05, 3.63) is 35.4 Å². The van der Waals surface area contributed by atoms with Gasteiger partial charge in [0.25, 0.3) is 0 Å². The van der Waals surface area contributed by atoms with Crippen molar-refractivity contribution in [2.45, 2.75) is 37.5 Å². The zero-order chi connectivity index (χ0) is 12.4. The molecule has 3 heteroatoms. The van der Waals surface area contributed by atoms with Crippen LogP contribution in [-0.2, 0) is 15.9 Å². The van der Waals surface area contributed by atoms with E-state index in [1.165, 1.54) is 24.0 Å². The molecule has 0 bridgehead atoms. The number of rotatable bonds is 5. The molecule has 1 N–H and O–H groups in total. The molecule has 0 spiro atoms. The molecular formula is C15H21NO2. The SMILES string of the molecule is CNC(CC1OCCO1)CC1Cc2ccccc21. The van der Waals surface area contributed by atoms with Crippen LogP contribution in [0, 0.1) is 0 Å². The maximum absolute atomic E-state index is 5.53. The van der Waals surface area contributed by atoms with Crippen LogP contribution in [0.4, 0.5) is 0 Å². The van der Waals surface area contributed by atoms with Crippen LogP contribution >= 0.6 is 0 Å². The lowest BCUT2D eigenvalue weighted by Gasteiger charge is -2.33. The van der Waals surface area contributed by atoms with Crippen LogP contribution in [0.2, 0.25) is 0 Å². The average Bonchev–Trinajstić information content (AvgIpc) is 2.87. The van der Waals surface area contributed by atoms with Gasteiger partial charge in [-0.15, -0.1) is 0 Å². The highest BCUT2D eigenvalue weighted by Gasteiger charge is 2.29. The highest BCUT2D eigenvalue weighted by atomic mass is 16.7. The van der Waals surface area contributed by atoms with E-state index < -0.39 is 0 Å². The molecule has 1 aliphatic carbocycles. The quantitative estimate of drug-likeness (QED) is 0.864. The molecule has 0 aromatic heterocycles. The van der Waals surface area contributed by atoms with Crippen molar-refractivity contribution in [3.8, 4) is 0 Å². The second kappa shape index (κ2) is 5.39. The Labute approximate surface area is 108 Å². The Morgan fingerprint density at radius 2 is 2.00 bits per heavy atom. The van der Waals surface area contributed by atoms with Crippen LogP contribution in [0.3, 0.4) is 0 Å². The van der Waals surface area contributed by atoms with Gasteiger partial charge in [-0.25, -0.2) is 0 Å². The molecule has 0 amide bonds. The lowest BCUT2D eigenvalue weighted by Crippen LogP contribution is -2.34. The second-order valence-corrected chi connectivity index (χ2v) is 5.23. The average molecular weight is 247 g/mol. The molecule has 2 aliphatic rings. The third-order valence-electron chi connectivity index (χ3n) is 4.11. The second-order valence-electron chi connectivity index (χ2n) is 5.23. The minimum atomic E-state index is -0.00206. The zero-order valence-corrected chi connectivity index (χ0v) is 10.9. The molecule has 1 aliphatic heterocycles. The molecule has 0 saturated carbocycles. The van der Waals surface area contributed by atoms with Crippen LogP contribution in [0.15, 0.2) is 24.3 Å². The van der Waals surface area contributed by atoms with Gasteiger partial charge in [0.2, 0.25) is 0 Å². The predicted octanol–water partition coefficient (Wildman–Crippen LogP) is 2.07. The van der Waals surface area contributed by atoms with Gasteiger partial charge in [-0.05, 0) is 36.9 Å². The van der Waals surface area contributed by atoms with Crippen molar-refractivity contribution >= 4 is 0 Å². The fraction of sp³-hybridized carbons (Fsp3) is 0.600. The molecule has 1 heterocycles. The standard InChI is InChI=1S/C15H21NO2/c1-16-13(10-15-17-6-7-18-15)9-12-8-11-4-2-3-5-14(11)12/h2-5,12-13,15-16H,6-10H2,1H3. The van der Waals surface area contributed by atoms with E-state index in [1.54, 1.807) is 0 Å². The topological polar surface area (TPSA) is 30.5 Å². The number of ether oxygens (including phenoxy) is 2. The molecule has 1 aromatic carbocycles. The number of nitrogens with one attached hydrogen (secondary N) is 1. The van der Waals surface area contributed by atoms with Gasteiger partial charge in [0.15, 0.2) is 6.29 Å². The summed E-state index contributed by atoms with van der Waals surface area (Å²) in [6.45, 7) is 1.49. The maximum Gasteiger partial charge on any atom is 0.159 e. The molecule has 2 unspecified atom stereocenters. The molecule has 1 fully saturated rings. The van der Waals surface area contributed by atoms with E-state index in [4.69, 9.17) is 9.47 Å². The van der Waals surface area contributed by atoms with Gasteiger partial charge >= 0.3 is 0 Å². The Kier molecular flexibility index (Phi) is 3.64. The molecule has 1 aromatic rings. The Hall–Kier alpha value is -0.900. The van der Waals surface area contributed by atoms with E-state index in [-0.39, 0.29) is 6.29 Å². The summed E-state index contributed by atoms with van der Waals surface area (Å²) in [5.74, 6) is 0.708. The molecule has 1 saturated heterocycles. The zero-order valence-electron chi connectivity index (χ0n) is 10.9. The van der Waals surface area contributed by atoms with Crippen molar-refractivity contribution in [1.82, 2.24) is 5.32 Å². The smallest absolute Gasteiger partial charge is 0.159 e. The molecule has 3 rings (SSSR count). The molecular weight excluding hydrogens is 226 g/mol. The Bertz CT molecular complexity index is 401. The van der Waals surface area contributed by atoms with E-state index >= 15 is 0 Å². The summed E-state index contributed by atoms with van der Waals surface area (Å²) in [5.41, 5.74) is 3.05. The molecule has 0 radical (unpaired) electrons. The minimum absolute atomic E-state index is 0.00206. The summed E-state index contributed by atoms with van der Waals surface area (Å²) in [6.07, 6.45) is 3.35. The van der Waals surface area contributed by atoms with Crippen LogP contribution in [0.25, 0.3) is 0 Å². The predicted molar refractivity (Wildman–Crippen MR) is 70.7 cm³/mol. The normalized spacial score (nSPS) is 24.6. The third kappa shape index (κ3) is 2.44. The van der Waals surface area contributed by atoms with Crippen LogP contribution in [0.5, 0.6) is 0 Å². The minimum Gasteiger partial charge on any atom is -0.350 e. The largest absolute Gasteiger partial charge is 0.350 e. The van der Waals surface area contributed by atoms with Crippen molar-refractivity contribution in [2.75, 3.05) is 20.3 Å². The molecule has 3 nitrogen and oxygen atoms in total. The van der Waals surface area contributed by atoms with Gasteiger partial charge < -0.3 is 14.8 Å². The first-order valence-electron chi connectivity index (χ1n) is 6.85. The van der Waals surface area contributed by atoms with Crippen LogP contribution in [-0.4, -0.2) is 32.6 Å². The first kappa shape index (κ1) is 12.2. The van der Waals surface area contributed by atoms with Crippen LogP contribution in [0.1, 0.15) is 29.9 Å². The van der Waals surface area contributed by atoms with Gasteiger partial charge in [-0.1, -0.05) is 24.3 Å². The van der Waals surface area contributed by atoms with Gasteiger partial charge in [-0.2, -0.15) is 0 Å². The highest BCUT2D eigenvalue weighted by Crippen LogP contribution is 2.38. The molecule has 18 heavy (non-hydrogen) atoms. The van der Waals surface area contributed by atoms with E-state index in [1.807, 2.05) is 7.05 Å². The van der Waals surface area contributed by atoms with E-state index in [9.17, 15) is 0 Å². The fourth-order valence-corrected chi connectivity index (χ4v) is 3.02. The van der Waals surface area contributed by atoms with Crippen molar-refractivity contribution in [2.24, 2.45) is 0 Å². The van der Waals surface area contributed by atoms with E-state index in [2.05, 4.69) is 29.6 Å². The highest BCUT2D eigenvalue weighted by molar-refractivity contribution is 5.39. The fourth-order valence-electron chi connectivity index (χ4n) is 3.02. The van der Waals surface area contributed by atoms with Gasteiger partial charge in [-0.3, -0.25) is 0 Å². The number of benzene rings is 1. The summed E-state index contributed by atoms with van der Waals surface area (Å²) < 4.78 is 11.1. The van der Waals surface area contributed by atoms with Gasteiger partial charge in [0.1, 0.15) is 0 Å². The summed E-state index contributed by atoms with van der Waals surface area (Å²) in [4.78, 5) is 0. The summed E-state index contributed by atoms with van der Waals surface area (Å²) >= 11 is 0. The summed E-state index contributed by atoms with van der Waals surface area (Å²) in [7, 11) is 2.03. The number of hydrogen-bond donors (Lipinski definition) is 1. The van der Waals surface area contributed by atoms with Crippen molar-refractivity contribution in [3.63, 3.8) is 0 Å². The molecule has 2 atom stereocenters. The lowest BCUT2D eigenvalue weighted by atomic mass is 9.74. The van der Waals surface area contributed by atoms with Crippen molar-refractivity contribution in [1.29, 1.82) is 0 Å². The monoisotopic (exact) mass is 247 g/mol. The Morgan fingerprint density at radius 1 is 1.22 bits per heavy atom. The first-order valence-corrected chi connectivity index (χ1v) is 6.85. The lowest BCUT2D eigenvalue weighted by molar-refractivity contribution is -0.0532. The summed E-state index contributed by atoms with van der Waals surface area (Å²) in [5, 5.41) is 3.40. The van der Waals surface area contributed by atoms with Gasteiger partial charge in [0, 0.05) is 12.5 Å². The first-order chi connectivity index (χ1) is 8.86. The number of hydrogen-bond acceptors (Lipinski definition) is 3. The third-order valence-corrected chi connectivity index (χ3v) is 4.11.